The fourth-order valence-corrected chi connectivity index (χ4v) is 2.64. The summed E-state index contributed by atoms with van der Waals surface area (Å²) in [4.78, 5) is 4.33. The van der Waals surface area contributed by atoms with Gasteiger partial charge in [-0.2, -0.15) is 5.10 Å². The summed E-state index contributed by atoms with van der Waals surface area (Å²) in [5.41, 5.74) is 1.93. The molecule has 0 aliphatic rings. The van der Waals surface area contributed by atoms with E-state index >= 15 is 0 Å². The van der Waals surface area contributed by atoms with Crippen LogP contribution in [0.5, 0.6) is 0 Å². The highest BCUT2D eigenvalue weighted by molar-refractivity contribution is 9.10. The van der Waals surface area contributed by atoms with Gasteiger partial charge >= 0.3 is 0 Å². The van der Waals surface area contributed by atoms with E-state index in [0.29, 0.717) is 11.2 Å². The van der Waals surface area contributed by atoms with Gasteiger partial charge in [-0.1, -0.05) is 28.1 Å². The molecular weight excluding hydrogens is 336 g/mol. The standard InChI is InChI=1S/C14H11BrN4S/c15-10-4-3-6-12(8-10)19-13(17-18-14(19)20)9-11-5-1-2-7-16-11/h1-8H,9H2,(H,18,20). The van der Waals surface area contributed by atoms with Crippen molar-refractivity contribution in [3.63, 3.8) is 0 Å². The Hall–Kier alpha value is -1.79. The number of rotatable bonds is 3. The Bertz CT molecular complexity index is 779. The Morgan fingerprint density at radius 1 is 1.20 bits per heavy atom. The van der Waals surface area contributed by atoms with Crippen molar-refractivity contribution >= 4 is 28.1 Å². The molecule has 3 aromatic rings. The first-order valence-electron chi connectivity index (χ1n) is 6.06. The molecule has 0 bridgehead atoms. The lowest BCUT2D eigenvalue weighted by molar-refractivity contribution is 0.881. The highest BCUT2D eigenvalue weighted by Crippen LogP contribution is 2.18. The molecule has 0 aliphatic heterocycles. The van der Waals surface area contributed by atoms with Crippen LogP contribution in [0.3, 0.4) is 0 Å². The molecule has 2 aromatic heterocycles. The van der Waals surface area contributed by atoms with Crippen LogP contribution >= 0.6 is 28.1 Å². The van der Waals surface area contributed by atoms with Crippen molar-refractivity contribution in [2.75, 3.05) is 0 Å². The molecule has 3 rings (SSSR count). The van der Waals surface area contributed by atoms with Gasteiger partial charge in [-0.05, 0) is 42.5 Å². The van der Waals surface area contributed by atoms with E-state index in [-0.39, 0.29) is 0 Å². The third kappa shape index (κ3) is 2.71. The minimum Gasteiger partial charge on any atom is -0.272 e. The molecule has 0 aliphatic carbocycles. The van der Waals surface area contributed by atoms with E-state index in [0.717, 1.165) is 21.7 Å². The fraction of sp³-hybridized carbons (Fsp3) is 0.0714. The molecule has 4 nitrogen and oxygen atoms in total. The van der Waals surface area contributed by atoms with Crippen LogP contribution in [0.2, 0.25) is 0 Å². The molecule has 100 valence electrons. The van der Waals surface area contributed by atoms with E-state index in [9.17, 15) is 0 Å². The first-order valence-corrected chi connectivity index (χ1v) is 7.26. The number of pyridine rings is 1. The van der Waals surface area contributed by atoms with Crippen molar-refractivity contribution in [2.24, 2.45) is 0 Å². The van der Waals surface area contributed by atoms with Gasteiger partial charge in [0.15, 0.2) is 4.77 Å². The van der Waals surface area contributed by atoms with Crippen molar-refractivity contribution in [2.45, 2.75) is 6.42 Å². The molecule has 0 amide bonds. The van der Waals surface area contributed by atoms with Crippen molar-refractivity contribution < 1.29 is 0 Å². The number of nitrogens with one attached hydrogen (secondary N) is 1. The minimum atomic E-state index is 0.578. The Labute approximate surface area is 129 Å². The van der Waals surface area contributed by atoms with Gasteiger partial charge in [0.05, 0.1) is 12.1 Å². The highest BCUT2D eigenvalue weighted by atomic mass is 79.9. The van der Waals surface area contributed by atoms with Gasteiger partial charge < -0.3 is 0 Å². The summed E-state index contributed by atoms with van der Waals surface area (Å²) < 4.78 is 3.50. The van der Waals surface area contributed by atoms with Crippen molar-refractivity contribution in [1.82, 2.24) is 19.7 Å². The number of hydrogen-bond donors (Lipinski definition) is 1. The predicted octanol–water partition coefficient (Wildman–Crippen LogP) is 3.68. The molecule has 2 heterocycles. The summed E-state index contributed by atoms with van der Waals surface area (Å²) >= 11 is 8.80. The molecule has 0 radical (unpaired) electrons. The second kappa shape index (κ2) is 5.68. The quantitative estimate of drug-likeness (QED) is 0.736. The van der Waals surface area contributed by atoms with Gasteiger partial charge in [0, 0.05) is 16.4 Å². The molecule has 0 unspecified atom stereocenters. The summed E-state index contributed by atoms with van der Waals surface area (Å²) in [5.74, 6) is 0.840. The van der Waals surface area contributed by atoms with Gasteiger partial charge in [0.2, 0.25) is 0 Å². The van der Waals surface area contributed by atoms with E-state index in [1.807, 2.05) is 47.0 Å². The van der Waals surface area contributed by atoms with Gasteiger partial charge in [-0.25, -0.2) is 0 Å². The average molecular weight is 347 g/mol. The molecule has 20 heavy (non-hydrogen) atoms. The lowest BCUT2D eigenvalue weighted by Crippen LogP contribution is -2.03. The number of halogens is 1. The maximum Gasteiger partial charge on any atom is 0.199 e. The van der Waals surface area contributed by atoms with E-state index in [4.69, 9.17) is 12.2 Å². The van der Waals surface area contributed by atoms with Crippen LogP contribution in [0.4, 0.5) is 0 Å². The number of nitrogens with zero attached hydrogens (tertiary/aromatic N) is 3. The summed E-state index contributed by atoms with van der Waals surface area (Å²) in [6.07, 6.45) is 2.40. The van der Waals surface area contributed by atoms with Crippen LogP contribution in [0.1, 0.15) is 11.5 Å². The second-order valence-electron chi connectivity index (χ2n) is 4.26. The molecule has 0 atom stereocenters. The smallest absolute Gasteiger partial charge is 0.199 e. The highest BCUT2D eigenvalue weighted by Gasteiger charge is 2.09. The number of benzene rings is 1. The third-order valence-electron chi connectivity index (χ3n) is 2.87. The van der Waals surface area contributed by atoms with Crippen LogP contribution in [0.25, 0.3) is 5.69 Å². The Morgan fingerprint density at radius 3 is 2.85 bits per heavy atom. The minimum absolute atomic E-state index is 0.578. The molecule has 1 N–H and O–H groups in total. The topological polar surface area (TPSA) is 46.5 Å². The van der Waals surface area contributed by atoms with E-state index in [2.05, 4.69) is 31.1 Å². The second-order valence-corrected chi connectivity index (χ2v) is 5.56. The monoisotopic (exact) mass is 346 g/mol. The van der Waals surface area contributed by atoms with Crippen LogP contribution in [-0.4, -0.2) is 19.7 Å². The van der Waals surface area contributed by atoms with E-state index in [1.165, 1.54) is 0 Å². The Balaban J connectivity index is 2.04. The summed E-state index contributed by atoms with van der Waals surface area (Å²) in [6.45, 7) is 0. The Morgan fingerprint density at radius 2 is 2.10 bits per heavy atom. The third-order valence-corrected chi connectivity index (χ3v) is 3.64. The normalized spacial score (nSPS) is 10.7. The van der Waals surface area contributed by atoms with Crippen molar-refractivity contribution in [1.29, 1.82) is 0 Å². The maximum atomic E-state index is 5.32. The largest absolute Gasteiger partial charge is 0.272 e. The van der Waals surface area contributed by atoms with Crippen LogP contribution in [0, 0.1) is 4.77 Å². The van der Waals surface area contributed by atoms with Crippen molar-refractivity contribution in [3.05, 3.63) is 69.4 Å². The number of aromatic nitrogens is 4. The SMILES string of the molecule is S=c1[nH]nc(Cc2ccccn2)n1-c1cccc(Br)c1. The van der Waals surface area contributed by atoms with E-state index in [1.54, 1.807) is 6.20 Å². The van der Waals surface area contributed by atoms with Gasteiger partial charge in [-0.3, -0.25) is 14.6 Å². The van der Waals surface area contributed by atoms with E-state index < -0.39 is 0 Å². The predicted molar refractivity (Wildman–Crippen MR) is 83.5 cm³/mol. The first-order chi connectivity index (χ1) is 9.74. The lowest BCUT2D eigenvalue weighted by Gasteiger charge is -2.07. The van der Waals surface area contributed by atoms with Crippen LogP contribution < -0.4 is 0 Å². The molecule has 0 saturated heterocycles. The lowest BCUT2D eigenvalue weighted by atomic mass is 10.2. The molecular formula is C14H11BrN4S. The first kappa shape index (κ1) is 13.2. The fourth-order valence-electron chi connectivity index (χ4n) is 1.99. The zero-order valence-corrected chi connectivity index (χ0v) is 12.9. The molecule has 0 fully saturated rings. The van der Waals surface area contributed by atoms with Gasteiger partial charge in [-0.15, -0.1) is 0 Å². The summed E-state index contributed by atoms with van der Waals surface area (Å²) in [5, 5.41) is 7.16. The number of aromatic amines is 1. The average Bonchev–Trinajstić information content (AvgIpc) is 2.81. The van der Waals surface area contributed by atoms with Crippen LogP contribution in [-0.2, 0) is 6.42 Å². The van der Waals surface area contributed by atoms with Crippen molar-refractivity contribution in [3.8, 4) is 5.69 Å². The molecule has 0 spiro atoms. The van der Waals surface area contributed by atoms with Gasteiger partial charge in [0.25, 0.3) is 0 Å². The number of hydrogen-bond acceptors (Lipinski definition) is 3. The molecule has 1 aromatic carbocycles. The van der Waals surface area contributed by atoms with Crippen LogP contribution in [0.15, 0.2) is 53.1 Å². The molecule has 0 saturated carbocycles. The Kier molecular flexibility index (Phi) is 3.75. The zero-order chi connectivity index (χ0) is 13.9. The maximum absolute atomic E-state index is 5.32. The summed E-state index contributed by atoms with van der Waals surface area (Å²) in [6, 6.07) is 13.8. The zero-order valence-electron chi connectivity index (χ0n) is 10.5. The van der Waals surface area contributed by atoms with Gasteiger partial charge in [0.1, 0.15) is 5.82 Å². The summed E-state index contributed by atoms with van der Waals surface area (Å²) in [7, 11) is 0. The number of H-pyrrole nitrogens is 1. The molecule has 6 heteroatoms.